The second-order valence-electron chi connectivity index (χ2n) is 7.21. The van der Waals surface area contributed by atoms with Gasteiger partial charge in [0.05, 0.1) is 18.2 Å². The van der Waals surface area contributed by atoms with Gasteiger partial charge in [0.2, 0.25) is 0 Å². The van der Waals surface area contributed by atoms with Gasteiger partial charge in [0.1, 0.15) is 17.1 Å². The van der Waals surface area contributed by atoms with Gasteiger partial charge >= 0.3 is 0 Å². The maximum absolute atomic E-state index is 13.4. The third-order valence-electron chi connectivity index (χ3n) is 5.10. The highest BCUT2D eigenvalue weighted by atomic mass is 16.5. The molecule has 0 fully saturated rings. The van der Waals surface area contributed by atoms with Crippen molar-refractivity contribution in [1.82, 2.24) is 9.55 Å². The fourth-order valence-corrected chi connectivity index (χ4v) is 3.52. The number of hydrogen-bond donors (Lipinski definition) is 2. The Bertz CT molecular complexity index is 1360. The lowest BCUT2D eigenvalue weighted by Crippen LogP contribution is -2.29. The van der Waals surface area contributed by atoms with E-state index in [2.05, 4.69) is 10.3 Å². The molecule has 0 bridgehead atoms. The van der Waals surface area contributed by atoms with Crippen molar-refractivity contribution >= 4 is 22.6 Å². The fraction of sp³-hybridized carbons (Fsp3) is 0.125. The third kappa shape index (κ3) is 3.61. The number of hydrogen-bond acceptors (Lipinski definition) is 5. The number of aromatic nitrogens is 2. The number of benzene rings is 2. The molecule has 0 atom stereocenters. The Morgan fingerprint density at radius 2 is 1.84 bits per heavy atom. The zero-order chi connectivity index (χ0) is 22.1. The lowest BCUT2D eigenvalue weighted by Gasteiger charge is -2.15. The maximum atomic E-state index is 13.4. The van der Waals surface area contributed by atoms with Gasteiger partial charge < -0.3 is 15.2 Å². The van der Waals surface area contributed by atoms with Crippen molar-refractivity contribution in [1.29, 1.82) is 0 Å². The molecule has 0 saturated carbocycles. The molecule has 2 N–H and O–H groups in total. The number of nitrogens with one attached hydrogen (secondary N) is 1. The van der Waals surface area contributed by atoms with Gasteiger partial charge in [-0.05, 0) is 61.9 Å². The number of carbonyl (C=O) groups excluding carboxylic acids is 1. The summed E-state index contributed by atoms with van der Waals surface area (Å²) in [5, 5.41) is 13.9. The number of anilines is 1. The zero-order valence-electron chi connectivity index (χ0n) is 17.3. The van der Waals surface area contributed by atoms with Gasteiger partial charge in [0.25, 0.3) is 11.5 Å². The van der Waals surface area contributed by atoms with Crippen LogP contribution in [-0.2, 0) is 0 Å². The molecule has 0 radical (unpaired) electrons. The van der Waals surface area contributed by atoms with E-state index in [0.29, 0.717) is 22.5 Å². The minimum absolute atomic E-state index is 0.248. The van der Waals surface area contributed by atoms with E-state index in [9.17, 15) is 14.7 Å². The summed E-state index contributed by atoms with van der Waals surface area (Å²) in [6, 6.07) is 15.6. The first kappa shape index (κ1) is 20.2. The van der Waals surface area contributed by atoms with Gasteiger partial charge in [-0.2, -0.15) is 0 Å². The predicted octanol–water partition coefficient (Wildman–Crippen LogP) is 3.97. The van der Waals surface area contributed by atoms with E-state index in [1.54, 1.807) is 49.6 Å². The van der Waals surface area contributed by atoms with E-state index in [4.69, 9.17) is 4.74 Å². The van der Waals surface area contributed by atoms with Gasteiger partial charge in [0, 0.05) is 11.9 Å². The van der Waals surface area contributed by atoms with E-state index >= 15 is 0 Å². The number of ether oxygens (including phenoxy) is 1. The summed E-state index contributed by atoms with van der Waals surface area (Å²) in [5.41, 5.74) is 2.19. The molecule has 2 heterocycles. The normalized spacial score (nSPS) is 10.8. The molecular formula is C24H21N3O4. The number of aryl methyl sites for hydroxylation is 2. The lowest BCUT2D eigenvalue weighted by molar-refractivity contribution is 0.102. The Kier molecular flexibility index (Phi) is 5.17. The van der Waals surface area contributed by atoms with Crippen LogP contribution in [0, 0.1) is 13.8 Å². The Morgan fingerprint density at radius 1 is 1.10 bits per heavy atom. The summed E-state index contributed by atoms with van der Waals surface area (Å²) < 4.78 is 6.49. The Balaban J connectivity index is 1.91. The number of methoxy groups -OCH3 is 1. The molecule has 4 aromatic rings. The van der Waals surface area contributed by atoms with E-state index in [0.717, 1.165) is 11.1 Å². The number of amides is 1. The number of carbonyl (C=O) groups is 1. The first-order valence-corrected chi connectivity index (χ1v) is 9.66. The van der Waals surface area contributed by atoms with Gasteiger partial charge in [-0.1, -0.05) is 17.7 Å². The van der Waals surface area contributed by atoms with Crippen LogP contribution < -0.4 is 15.6 Å². The van der Waals surface area contributed by atoms with Crippen LogP contribution in [0.3, 0.4) is 0 Å². The highest BCUT2D eigenvalue weighted by molar-refractivity contribution is 6.09. The number of aromatic hydroxyl groups is 1. The average molecular weight is 415 g/mol. The summed E-state index contributed by atoms with van der Waals surface area (Å²) >= 11 is 0. The molecule has 4 rings (SSSR count). The highest BCUT2D eigenvalue weighted by Gasteiger charge is 2.24. The Labute approximate surface area is 178 Å². The van der Waals surface area contributed by atoms with Gasteiger partial charge in [-0.15, -0.1) is 0 Å². The van der Waals surface area contributed by atoms with Crippen LogP contribution in [0.4, 0.5) is 5.69 Å². The molecule has 2 aromatic carbocycles. The van der Waals surface area contributed by atoms with Crippen LogP contribution in [0.1, 0.15) is 21.5 Å². The lowest BCUT2D eigenvalue weighted by atomic mass is 10.1. The van der Waals surface area contributed by atoms with Crippen LogP contribution in [0.5, 0.6) is 11.5 Å². The number of rotatable bonds is 4. The first-order valence-electron chi connectivity index (χ1n) is 9.66. The predicted molar refractivity (Wildman–Crippen MR) is 119 cm³/mol. The molecule has 7 nitrogen and oxygen atoms in total. The zero-order valence-corrected chi connectivity index (χ0v) is 17.3. The molecule has 0 saturated heterocycles. The van der Waals surface area contributed by atoms with Crippen molar-refractivity contribution < 1.29 is 14.6 Å². The van der Waals surface area contributed by atoms with Crippen LogP contribution in [0.25, 0.3) is 16.7 Å². The van der Waals surface area contributed by atoms with Crippen molar-refractivity contribution in [3.63, 3.8) is 0 Å². The summed E-state index contributed by atoms with van der Waals surface area (Å²) in [6.45, 7) is 3.82. The van der Waals surface area contributed by atoms with Crippen molar-refractivity contribution in [2.45, 2.75) is 13.8 Å². The molecule has 0 spiro atoms. The topological polar surface area (TPSA) is 93.5 Å². The van der Waals surface area contributed by atoms with Crippen molar-refractivity contribution in [2.75, 3.05) is 12.4 Å². The monoisotopic (exact) mass is 415 g/mol. The molecule has 0 aliphatic heterocycles. The second kappa shape index (κ2) is 7.95. The Hall–Kier alpha value is -4.13. The van der Waals surface area contributed by atoms with Crippen LogP contribution >= 0.6 is 0 Å². The molecule has 0 aliphatic rings. The first-order chi connectivity index (χ1) is 14.9. The number of nitrogens with zero attached hydrogens (tertiary/aromatic N) is 2. The molecule has 156 valence electrons. The SMILES string of the molecule is COc1ccc(-n2c(=O)c(C(=O)Nc3ccc(C)cc3C)c(O)c3cccnc32)cc1. The molecule has 7 heteroatoms. The molecule has 0 aliphatic carbocycles. The fourth-order valence-electron chi connectivity index (χ4n) is 3.52. The van der Waals surface area contributed by atoms with E-state index in [1.807, 2.05) is 26.0 Å². The second-order valence-corrected chi connectivity index (χ2v) is 7.21. The minimum Gasteiger partial charge on any atom is -0.506 e. The minimum atomic E-state index is -0.692. The summed E-state index contributed by atoms with van der Waals surface area (Å²) in [4.78, 5) is 30.8. The van der Waals surface area contributed by atoms with Crippen LogP contribution in [0.15, 0.2) is 65.6 Å². The van der Waals surface area contributed by atoms with Crippen molar-refractivity contribution in [2.24, 2.45) is 0 Å². The quantitative estimate of drug-likeness (QED) is 0.526. The van der Waals surface area contributed by atoms with Gasteiger partial charge in [-0.3, -0.25) is 14.2 Å². The largest absolute Gasteiger partial charge is 0.506 e. The summed E-state index contributed by atoms with van der Waals surface area (Å²) in [6.07, 6.45) is 1.52. The van der Waals surface area contributed by atoms with Gasteiger partial charge in [0.15, 0.2) is 5.65 Å². The average Bonchev–Trinajstić information content (AvgIpc) is 2.76. The van der Waals surface area contributed by atoms with Gasteiger partial charge in [-0.25, -0.2) is 4.98 Å². The van der Waals surface area contributed by atoms with Crippen molar-refractivity contribution in [3.8, 4) is 17.2 Å². The Morgan fingerprint density at radius 3 is 2.52 bits per heavy atom. The van der Waals surface area contributed by atoms with Crippen molar-refractivity contribution in [3.05, 3.63) is 87.8 Å². The molecule has 2 aromatic heterocycles. The van der Waals surface area contributed by atoms with E-state index in [1.165, 1.54) is 10.8 Å². The maximum Gasteiger partial charge on any atom is 0.273 e. The van der Waals surface area contributed by atoms with E-state index in [-0.39, 0.29) is 11.2 Å². The molecular weight excluding hydrogens is 394 g/mol. The molecule has 0 unspecified atom stereocenters. The standard InChI is InChI=1S/C24H21N3O4/c1-14-6-11-19(15(2)13-14)26-23(29)20-21(28)18-5-4-12-25-22(18)27(24(20)30)16-7-9-17(31-3)10-8-16/h4-13,28H,1-3H3,(H,26,29). The third-order valence-corrected chi connectivity index (χ3v) is 5.10. The number of pyridine rings is 2. The van der Waals surface area contributed by atoms with E-state index < -0.39 is 17.2 Å². The summed E-state index contributed by atoms with van der Waals surface area (Å²) in [5.74, 6) is -0.469. The molecule has 31 heavy (non-hydrogen) atoms. The number of fused-ring (bicyclic) bond motifs is 1. The smallest absolute Gasteiger partial charge is 0.273 e. The summed E-state index contributed by atoms with van der Waals surface area (Å²) in [7, 11) is 1.55. The van der Waals surface area contributed by atoms with Crippen LogP contribution in [-0.4, -0.2) is 27.7 Å². The molecule has 1 amide bonds. The van der Waals surface area contributed by atoms with Crippen LogP contribution in [0.2, 0.25) is 0 Å². The highest BCUT2D eigenvalue weighted by Crippen LogP contribution is 2.28.